The van der Waals surface area contributed by atoms with Gasteiger partial charge in [0, 0.05) is 13.6 Å². The van der Waals surface area contributed by atoms with Gasteiger partial charge in [0.1, 0.15) is 6.17 Å². The molecule has 2 aromatic rings. The Hall–Kier alpha value is -3.39. The maximum absolute atomic E-state index is 13.5. The Morgan fingerprint density at radius 1 is 1.00 bits per heavy atom. The SMILES string of the molecule is C[C@H](O)CN=C1N[C@@H]2[C@H](C(=O)N(Cc3ccccc3)C(=O)N2C)N1Cc1ccccc1. The Bertz CT molecular complexity index is 964. The first-order valence-corrected chi connectivity index (χ1v) is 10.4. The van der Waals surface area contributed by atoms with Crippen molar-refractivity contribution in [2.45, 2.75) is 38.3 Å². The van der Waals surface area contributed by atoms with Gasteiger partial charge in [-0.25, -0.2) is 4.79 Å². The molecule has 0 unspecified atom stereocenters. The summed E-state index contributed by atoms with van der Waals surface area (Å²) in [6.07, 6.45) is -1.14. The predicted molar refractivity (Wildman–Crippen MR) is 117 cm³/mol. The number of aliphatic hydroxyl groups excluding tert-OH is 1. The number of aliphatic hydroxyl groups is 1. The molecule has 2 aliphatic heterocycles. The molecule has 3 atom stereocenters. The van der Waals surface area contributed by atoms with E-state index in [1.165, 1.54) is 4.90 Å². The highest BCUT2D eigenvalue weighted by molar-refractivity contribution is 6.04. The zero-order chi connectivity index (χ0) is 22.0. The second-order valence-electron chi connectivity index (χ2n) is 7.96. The lowest BCUT2D eigenvalue weighted by Crippen LogP contribution is -2.65. The minimum absolute atomic E-state index is 0.201. The number of likely N-dealkylation sites (N-methyl/N-ethyl adjacent to an activating group) is 1. The van der Waals surface area contributed by atoms with Gasteiger partial charge < -0.3 is 20.2 Å². The van der Waals surface area contributed by atoms with Crippen LogP contribution in [0.15, 0.2) is 65.7 Å². The van der Waals surface area contributed by atoms with Crippen molar-refractivity contribution in [2.24, 2.45) is 4.99 Å². The van der Waals surface area contributed by atoms with E-state index in [1.54, 1.807) is 18.9 Å². The van der Waals surface area contributed by atoms with Crippen LogP contribution in [0.5, 0.6) is 0 Å². The number of imide groups is 1. The highest BCUT2D eigenvalue weighted by Crippen LogP contribution is 2.27. The summed E-state index contributed by atoms with van der Waals surface area (Å²) in [6.45, 7) is 2.54. The van der Waals surface area contributed by atoms with E-state index in [9.17, 15) is 14.7 Å². The summed E-state index contributed by atoms with van der Waals surface area (Å²) in [4.78, 5) is 35.8. The first kappa shape index (κ1) is 20.9. The van der Waals surface area contributed by atoms with E-state index < -0.39 is 18.3 Å². The fourth-order valence-corrected chi connectivity index (χ4v) is 3.96. The molecule has 0 spiro atoms. The Morgan fingerprint density at radius 2 is 1.58 bits per heavy atom. The first-order chi connectivity index (χ1) is 15.0. The van der Waals surface area contributed by atoms with Crippen molar-refractivity contribution < 1.29 is 14.7 Å². The lowest BCUT2D eigenvalue weighted by atomic mass is 10.1. The molecule has 0 bridgehead atoms. The zero-order valence-electron chi connectivity index (χ0n) is 17.7. The fraction of sp³-hybridized carbons (Fsp3) is 0.348. The third-order valence-corrected chi connectivity index (χ3v) is 5.54. The van der Waals surface area contributed by atoms with Gasteiger partial charge in [0.05, 0.1) is 19.2 Å². The molecule has 0 saturated carbocycles. The fourth-order valence-electron chi connectivity index (χ4n) is 3.96. The van der Waals surface area contributed by atoms with Crippen LogP contribution in [0.3, 0.4) is 0 Å². The lowest BCUT2D eigenvalue weighted by molar-refractivity contribution is -0.138. The minimum Gasteiger partial charge on any atom is -0.391 e. The molecule has 0 radical (unpaired) electrons. The van der Waals surface area contributed by atoms with Crippen LogP contribution in [0.25, 0.3) is 0 Å². The standard InChI is InChI=1S/C23H27N5O3/c1-16(29)13-24-22-25-20-19(27(22)14-17-9-5-3-6-10-17)21(30)28(23(31)26(20)2)15-18-11-7-4-8-12-18/h3-12,16,19-20,29H,13-15H2,1-2H3,(H,24,25)/t16-,19+,20-/m0/s1. The Balaban J connectivity index is 1.67. The maximum Gasteiger partial charge on any atom is 0.328 e. The molecular formula is C23H27N5O3. The maximum atomic E-state index is 13.5. The van der Waals surface area contributed by atoms with Crippen molar-refractivity contribution in [3.05, 3.63) is 71.8 Å². The molecule has 2 saturated heterocycles. The number of amides is 3. The van der Waals surface area contributed by atoms with Crippen LogP contribution in [-0.2, 0) is 17.9 Å². The minimum atomic E-state index is -0.612. The summed E-state index contributed by atoms with van der Waals surface area (Å²) in [6, 6.07) is 18.3. The van der Waals surface area contributed by atoms with Crippen molar-refractivity contribution >= 4 is 17.9 Å². The van der Waals surface area contributed by atoms with E-state index >= 15 is 0 Å². The van der Waals surface area contributed by atoms with Crippen molar-refractivity contribution in [1.82, 2.24) is 20.0 Å². The Morgan fingerprint density at radius 3 is 2.16 bits per heavy atom. The summed E-state index contributed by atoms with van der Waals surface area (Å²) in [5.41, 5.74) is 1.91. The molecule has 4 rings (SSSR count). The van der Waals surface area contributed by atoms with Crippen LogP contribution >= 0.6 is 0 Å². The van der Waals surface area contributed by atoms with Gasteiger partial charge in [-0.15, -0.1) is 0 Å². The molecule has 31 heavy (non-hydrogen) atoms. The first-order valence-electron chi connectivity index (χ1n) is 10.4. The number of benzene rings is 2. The highest BCUT2D eigenvalue weighted by Gasteiger charge is 2.53. The summed E-state index contributed by atoms with van der Waals surface area (Å²) in [5.74, 6) is 0.247. The Kier molecular flexibility index (Phi) is 5.90. The van der Waals surface area contributed by atoms with Crippen LogP contribution in [0.1, 0.15) is 18.1 Å². The van der Waals surface area contributed by atoms with Gasteiger partial charge in [-0.1, -0.05) is 60.7 Å². The zero-order valence-corrected chi connectivity index (χ0v) is 17.7. The number of fused-ring (bicyclic) bond motifs is 1. The molecule has 0 aromatic heterocycles. The highest BCUT2D eigenvalue weighted by atomic mass is 16.3. The third-order valence-electron chi connectivity index (χ3n) is 5.54. The van der Waals surface area contributed by atoms with Crippen molar-refractivity contribution in [3.8, 4) is 0 Å². The van der Waals surface area contributed by atoms with E-state index in [0.29, 0.717) is 12.5 Å². The number of hydrogen-bond acceptors (Lipinski definition) is 4. The number of carbonyl (C=O) groups excluding carboxylic acids is 2. The Labute approximate surface area is 181 Å². The van der Waals surface area contributed by atoms with Crippen molar-refractivity contribution in [2.75, 3.05) is 13.6 Å². The average Bonchev–Trinajstić information content (AvgIpc) is 3.13. The predicted octanol–water partition coefficient (Wildman–Crippen LogP) is 1.62. The molecule has 2 aromatic carbocycles. The number of rotatable bonds is 6. The van der Waals surface area contributed by atoms with Gasteiger partial charge in [-0.3, -0.25) is 14.7 Å². The summed E-state index contributed by atoms with van der Waals surface area (Å²) in [7, 11) is 1.69. The molecule has 8 nitrogen and oxygen atoms in total. The summed E-state index contributed by atoms with van der Waals surface area (Å²) >= 11 is 0. The van der Waals surface area contributed by atoms with E-state index in [-0.39, 0.29) is 25.0 Å². The molecular weight excluding hydrogens is 394 g/mol. The van der Waals surface area contributed by atoms with Crippen LogP contribution in [0, 0.1) is 0 Å². The summed E-state index contributed by atoms with van der Waals surface area (Å²) in [5, 5.41) is 12.9. The quantitative estimate of drug-likeness (QED) is 0.740. The van der Waals surface area contributed by atoms with Crippen LogP contribution in [0.2, 0.25) is 0 Å². The molecule has 0 aliphatic carbocycles. The monoisotopic (exact) mass is 421 g/mol. The van der Waals surface area contributed by atoms with E-state index in [4.69, 9.17) is 0 Å². The molecule has 2 aliphatic rings. The van der Waals surface area contributed by atoms with E-state index in [1.807, 2.05) is 65.6 Å². The number of aliphatic imine (C=N–C) groups is 1. The van der Waals surface area contributed by atoms with Crippen LogP contribution in [-0.4, -0.2) is 69.6 Å². The van der Waals surface area contributed by atoms with Gasteiger partial charge in [-0.2, -0.15) is 0 Å². The average molecular weight is 422 g/mol. The topological polar surface area (TPSA) is 88.5 Å². The van der Waals surface area contributed by atoms with Crippen LogP contribution in [0.4, 0.5) is 4.79 Å². The van der Waals surface area contributed by atoms with Gasteiger partial charge in [0.15, 0.2) is 12.0 Å². The molecule has 2 N–H and O–H groups in total. The third kappa shape index (κ3) is 4.25. The van der Waals surface area contributed by atoms with Gasteiger partial charge in [-0.05, 0) is 18.1 Å². The number of nitrogens with zero attached hydrogens (tertiary/aromatic N) is 4. The van der Waals surface area contributed by atoms with Gasteiger partial charge in [0.2, 0.25) is 0 Å². The van der Waals surface area contributed by atoms with Crippen molar-refractivity contribution in [1.29, 1.82) is 0 Å². The number of urea groups is 1. The van der Waals surface area contributed by atoms with Gasteiger partial charge >= 0.3 is 6.03 Å². The molecule has 8 heteroatoms. The largest absolute Gasteiger partial charge is 0.391 e. The van der Waals surface area contributed by atoms with Crippen LogP contribution < -0.4 is 5.32 Å². The molecule has 162 valence electrons. The number of guanidine groups is 1. The normalized spacial score (nSPS) is 23.2. The second kappa shape index (κ2) is 8.77. The molecule has 2 fully saturated rings. The smallest absolute Gasteiger partial charge is 0.328 e. The molecule has 3 amide bonds. The lowest BCUT2D eigenvalue weighted by Gasteiger charge is -2.41. The number of carbonyl (C=O) groups is 2. The van der Waals surface area contributed by atoms with E-state index in [0.717, 1.165) is 11.1 Å². The van der Waals surface area contributed by atoms with Gasteiger partial charge in [0.25, 0.3) is 5.91 Å². The summed E-state index contributed by atoms with van der Waals surface area (Å²) < 4.78 is 0. The number of hydrogen-bond donors (Lipinski definition) is 2. The van der Waals surface area contributed by atoms with E-state index in [2.05, 4.69) is 10.3 Å². The van der Waals surface area contributed by atoms with Crippen molar-refractivity contribution in [3.63, 3.8) is 0 Å². The molecule has 2 heterocycles. The second-order valence-corrected chi connectivity index (χ2v) is 7.96. The number of nitrogens with one attached hydrogen (secondary N) is 1.